The molecule has 1 aliphatic heterocycles. The van der Waals surface area contributed by atoms with E-state index in [2.05, 4.69) is 10.6 Å². The summed E-state index contributed by atoms with van der Waals surface area (Å²) in [5, 5.41) is 13.9. The van der Waals surface area contributed by atoms with Crippen molar-refractivity contribution in [2.24, 2.45) is 14.1 Å². The second-order valence-corrected chi connectivity index (χ2v) is 5.86. The highest BCUT2D eigenvalue weighted by molar-refractivity contribution is 5.92. The van der Waals surface area contributed by atoms with Gasteiger partial charge in [-0.15, -0.1) is 0 Å². The van der Waals surface area contributed by atoms with Gasteiger partial charge in [-0.25, -0.2) is 9.59 Å². The first-order chi connectivity index (χ1) is 12.9. The number of nitrogens with zero attached hydrogens (tertiary/aromatic N) is 3. The predicted octanol–water partition coefficient (Wildman–Crippen LogP) is 0.219. The van der Waals surface area contributed by atoms with Crippen LogP contribution in [-0.2, 0) is 14.1 Å². The zero-order valence-electron chi connectivity index (χ0n) is 14.9. The fourth-order valence-electron chi connectivity index (χ4n) is 2.97. The van der Waals surface area contributed by atoms with E-state index in [4.69, 9.17) is 14.7 Å². The molecule has 2 N–H and O–H groups in total. The average molecular weight is 371 g/mol. The molecular formula is C17H17N5O5. The third kappa shape index (κ3) is 2.99. The van der Waals surface area contributed by atoms with Crippen LogP contribution in [0.15, 0.2) is 27.8 Å². The molecule has 3 rings (SSSR count). The number of urea groups is 1. The minimum atomic E-state index is -0.793. The van der Waals surface area contributed by atoms with Crippen molar-refractivity contribution in [3.8, 4) is 17.6 Å². The molecular weight excluding hydrogens is 354 g/mol. The number of carbonyl (C=O) groups is 1. The van der Waals surface area contributed by atoms with Crippen LogP contribution in [0.3, 0.4) is 0 Å². The fourth-order valence-corrected chi connectivity index (χ4v) is 2.97. The number of nitrogens with one attached hydrogen (secondary N) is 2. The summed E-state index contributed by atoms with van der Waals surface area (Å²) in [5.41, 5.74) is -0.276. The van der Waals surface area contributed by atoms with Crippen LogP contribution in [0.5, 0.6) is 11.5 Å². The second kappa shape index (κ2) is 6.87. The maximum absolute atomic E-state index is 12.7. The van der Waals surface area contributed by atoms with Crippen LogP contribution >= 0.6 is 0 Å². The monoisotopic (exact) mass is 371 g/mol. The molecule has 0 fully saturated rings. The van der Waals surface area contributed by atoms with Gasteiger partial charge in [0, 0.05) is 14.1 Å². The summed E-state index contributed by atoms with van der Waals surface area (Å²) in [6.07, 6.45) is 0. The maximum atomic E-state index is 12.7. The fraction of sp³-hybridized carbons (Fsp3) is 0.294. The predicted molar refractivity (Wildman–Crippen MR) is 95.0 cm³/mol. The van der Waals surface area contributed by atoms with E-state index in [1.54, 1.807) is 18.2 Å². The number of fused-ring (bicyclic) bond motifs is 1. The third-order valence-corrected chi connectivity index (χ3v) is 4.31. The molecule has 2 heterocycles. The molecule has 0 radical (unpaired) electrons. The lowest BCUT2D eigenvalue weighted by atomic mass is 9.98. The van der Waals surface area contributed by atoms with E-state index in [0.29, 0.717) is 17.1 Å². The second-order valence-electron chi connectivity index (χ2n) is 5.86. The Balaban J connectivity index is 2.18. The van der Waals surface area contributed by atoms with Gasteiger partial charge in [0.1, 0.15) is 11.9 Å². The molecule has 10 nitrogen and oxygen atoms in total. The molecule has 0 bridgehead atoms. The van der Waals surface area contributed by atoms with Crippen molar-refractivity contribution >= 4 is 11.8 Å². The molecule has 0 aliphatic carbocycles. The number of ether oxygens (including phenoxy) is 2. The zero-order chi connectivity index (χ0) is 19.7. The topological polar surface area (TPSA) is 127 Å². The Morgan fingerprint density at radius 2 is 1.93 bits per heavy atom. The number of benzene rings is 1. The quantitative estimate of drug-likeness (QED) is 0.791. The van der Waals surface area contributed by atoms with E-state index in [1.165, 1.54) is 25.8 Å². The molecule has 1 aromatic carbocycles. The van der Waals surface area contributed by atoms with Gasteiger partial charge >= 0.3 is 11.7 Å². The van der Waals surface area contributed by atoms with E-state index < -0.39 is 23.3 Å². The van der Waals surface area contributed by atoms with Crippen LogP contribution in [-0.4, -0.2) is 28.9 Å². The van der Waals surface area contributed by atoms with Crippen molar-refractivity contribution in [2.45, 2.75) is 6.04 Å². The van der Waals surface area contributed by atoms with Crippen molar-refractivity contribution in [1.29, 1.82) is 5.26 Å². The molecule has 140 valence electrons. The van der Waals surface area contributed by atoms with E-state index in [0.717, 1.165) is 4.57 Å². The van der Waals surface area contributed by atoms with Gasteiger partial charge in [0.05, 0.1) is 18.7 Å². The number of anilines is 1. The Kier molecular flexibility index (Phi) is 4.60. The van der Waals surface area contributed by atoms with Gasteiger partial charge in [0.25, 0.3) is 5.56 Å². The molecule has 27 heavy (non-hydrogen) atoms. The Labute approximate surface area is 153 Å². The van der Waals surface area contributed by atoms with Gasteiger partial charge in [0.15, 0.2) is 18.1 Å². The summed E-state index contributed by atoms with van der Waals surface area (Å²) in [6.45, 7) is -0.148. The highest BCUT2D eigenvalue weighted by Crippen LogP contribution is 2.34. The van der Waals surface area contributed by atoms with Crippen LogP contribution in [0.1, 0.15) is 17.2 Å². The molecule has 0 saturated heterocycles. The number of hydrogen-bond donors (Lipinski definition) is 2. The number of nitriles is 1. The summed E-state index contributed by atoms with van der Waals surface area (Å²) in [6, 6.07) is 5.38. The van der Waals surface area contributed by atoms with Gasteiger partial charge in [-0.1, -0.05) is 6.07 Å². The standard InChI is InChI=1S/C17H17N5O5/c1-21-14-12(15(23)22(2)17(21)25)13(19-16(24)20-14)9-4-5-10(27-7-6-18)11(8-9)26-3/h4-5,8,13H,7H2,1-3H3,(H2,19,20,24)/t13-/m1/s1. The molecule has 1 aromatic heterocycles. The highest BCUT2D eigenvalue weighted by Gasteiger charge is 2.32. The van der Waals surface area contributed by atoms with Gasteiger partial charge in [-0.05, 0) is 17.7 Å². The average Bonchev–Trinajstić information content (AvgIpc) is 2.68. The molecule has 1 aliphatic rings. The molecule has 0 unspecified atom stereocenters. The van der Waals surface area contributed by atoms with Crippen LogP contribution in [0.4, 0.5) is 10.6 Å². The van der Waals surface area contributed by atoms with Crippen molar-refractivity contribution < 1.29 is 14.3 Å². The lowest BCUT2D eigenvalue weighted by molar-refractivity contribution is 0.248. The number of aromatic nitrogens is 2. The lowest BCUT2D eigenvalue weighted by Crippen LogP contribution is -2.49. The molecule has 1 atom stereocenters. The smallest absolute Gasteiger partial charge is 0.332 e. The first-order valence-electron chi connectivity index (χ1n) is 7.94. The Bertz CT molecular complexity index is 1080. The summed E-state index contributed by atoms with van der Waals surface area (Å²) < 4.78 is 12.8. The van der Waals surface area contributed by atoms with E-state index in [1.807, 2.05) is 6.07 Å². The van der Waals surface area contributed by atoms with Crippen LogP contribution in [0.2, 0.25) is 0 Å². The highest BCUT2D eigenvalue weighted by atomic mass is 16.5. The van der Waals surface area contributed by atoms with Gasteiger partial charge < -0.3 is 14.8 Å². The van der Waals surface area contributed by atoms with Crippen LogP contribution < -0.4 is 31.4 Å². The zero-order valence-corrected chi connectivity index (χ0v) is 14.9. The molecule has 0 spiro atoms. The maximum Gasteiger partial charge on any atom is 0.332 e. The Hall–Kier alpha value is -3.74. The minimum Gasteiger partial charge on any atom is -0.493 e. The number of amides is 2. The first kappa shape index (κ1) is 18.1. The largest absolute Gasteiger partial charge is 0.493 e. The third-order valence-electron chi connectivity index (χ3n) is 4.31. The van der Waals surface area contributed by atoms with Gasteiger partial charge in [-0.3, -0.25) is 19.2 Å². The first-order valence-corrected chi connectivity index (χ1v) is 7.94. The summed E-state index contributed by atoms with van der Waals surface area (Å²) in [7, 11) is 4.29. The molecule has 2 amide bonds. The lowest BCUT2D eigenvalue weighted by Gasteiger charge is -2.28. The summed E-state index contributed by atoms with van der Waals surface area (Å²) in [4.78, 5) is 36.9. The Morgan fingerprint density at radius 3 is 2.59 bits per heavy atom. The molecule has 2 aromatic rings. The number of carbonyl (C=O) groups excluding carboxylic acids is 1. The van der Waals surface area contributed by atoms with Crippen molar-refractivity contribution in [3.05, 3.63) is 50.2 Å². The van der Waals surface area contributed by atoms with Crippen molar-refractivity contribution in [1.82, 2.24) is 14.5 Å². The van der Waals surface area contributed by atoms with Crippen LogP contribution in [0.25, 0.3) is 0 Å². The Morgan fingerprint density at radius 1 is 1.19 bits per heavy atom. The van der Waals surface area contributed by atoms with Gasteiger partial charge in [0.2, 0.25) is 0 Å². The summed E-state index contributed by atoms with van der Waals surface area (Å²) >= 11 is 0. The van der Waals surface area contributed by atoms with E-state index in [-0.39, 0.29) is 18.0 Å². The van der Waals surface area contributed by atoms with Gasteiger partial charge in [-0.2, -0.15) is 5.26 Å². The minimum absolute atomic E-state index is 0.139. The number of rotatable bonds is 4. The normalized spacial score (nSPS) is 15.2. The van der Waals surface area contributed by atoms with Crippen molar-refractivity contribution in [2.75, 3.05) is 19.0 Å². The molecule has 10 heteroatoms. The number of hydrogen-bond acceptors (Lipinski definition) is 6. The van der Waals surface area contributed by atoms with E-state index >= 15 is 0 Å². The molecule has 0 saturated carbocycles. The van der Waals surface area contributed by atoms with Crippen molar-refractivity contribution in [3.63, 3.8) is 0 Å². The van der Waals surface area contributed by atoms with E-state index in [9.17, 15) is 14.4 Å². The SMILES string of the molecule is COc1cc([C@H]2NC(=O)Nc3c2c(=O)n(C)c(=O)n3C)ccc1OCC#N. The number of methoxy groups -OCH3 is 1. The summed E-state index contributed by atoms with van der Waals surface area (Å²) in [5.74, 6) is 0.844. The van der Waals surface area contributed by atoms with Crippen LogP contribution in [0, 0.1) is 11.3 Å².